The maximum absolute atomic E-state index is 10.8. The van der Waals surface area contributed by atoms with Crippen LogP contribution >= 0.6 is 39.9 Å². The molecule has 10 heteroatoms. The van der Waals surface area contributed by atoms with Gasteiger partial charge in [0.05, 0.1) is 27.2 Å². The third-order valence-corrected chi connectivity index (χ3v) is 5.53. The Hall–Kier alpha value is -2.52. The van der Waals surface area contributed by atoms with Gasteiger partial charge in [0.25, 0.3) is 5.69 Å². The van der Waals surface area contributed by atoms with Crippen molar-refractivity contribution in [1.82, 2.24) is 5.32 Å². The smallest absolute Gasteiger partial charge is 0.271 e. The number of ether oxygens (including phenoxy) is 2. The monoisotopic (exact) mass is 555 g/mol. The van der Waals surface area contributed by atoms with Crippen LogP contribution in [0.1, 0.15) is 11.1 Å². The summed E-state index contributed by atoms with van der Waals surface area (Å²) in [5.41, 5.74) is 2.74. The van der Waals surface area contributed by atoms with E-state index in [0.717, 1.165) is 15.6 Å². The molecule has 0 aromatic heterocycles. The Labute approximate surface area is 212 Å². The molecule has 0 saturated carbocycles. The lowest BCUT2D eigenvalue weighted by atomic mass is 10.2. The Balaban J connectivity index is 0.00000385. The summed E-state index contributed by atoms with van der Waals surface area (Å²) in [6.45, 7) is 2.35. The van der Waals surface area contributed by atoms with E-state index in [1.807, 2.05) is 42.5 Å². The molecule has 0 fully saturated rings. The zero-order valence-corrected chi connectivity index (χ0v) is 21.0. The molecule has 0 heterocycles. The molecule has 176 valence electrons. The van der Waals surface area contributed by atoms with Crippen molar-refractivity contribution in [3.05, 3.63) is 91.4 Å². The number of hydrogen-bond acceptors (Lipinski definition) is 6. The molecule has 0 spiro atoms. The van der Waals surface area contributed by atoms with E-state index in [-0.39, 0.29) is 18.1 Å². The summed E-state index contributed by atoms with van der Waals surface area (Å²) in [6, 6.07) is 18.3. The first kappa shape index (κ1) is 26.7. The van der Waals surface area contributed by atoms with Crippen molar-refractivity contribution in [2.75, 3.05) is 25.5 Å². The summed E-state index contributed by atoms with van der Waals surface area (Å²) in [6.07, 6.45) is 0. The van der Waals surface area contributed by atoms with Gasteiger partial charge in [0.15, 0.2) is 11.5 Å². The van der Waals surface area contributed by atoms with Crippen molar-refractivity contribution >= 4 is 51.3 Å². The van der Waals surface area contributed by atoms with Gasteiger partial charge in [-0.15, -0.1) is 12.4 Å². The molecule has 3 aromatic carbocycles. The number of nitro benzene ring substituents is 1. The molecule has 0 aliphatic rings. The van der Waals surface area contributed by atoms with Gasteiger partial charge < -0.3 is 20.1 Å². The van der Waals surface area contributed by atoms with Gasteiger partial charge in [-0.05, 0) is 45.3 Å². The van der Waals surface area contributed by atoms with Gasteiger partial charge in [-0.25, -0.2) is 0 Å². The highest BCUT2D eigenvalue weighted by Gasteiger charge is 2.12. The maximum Gasteiger partial charge on any atom is 0.271 e. The fraction of sp³-hybridized carbons (Fsp3) is 0.217. The van der Waals surface area contributed by atoms with E-state index in [2.05, 4.69) is 26.6 Å². The molecule has 3 aromatic rings. The second-order valence-electron chi connectivity index (χ2n) is 6.91. The van der Waals surface area contributed by atoms with Gasteiger partial charge in [0.2, 0.25) is 0 Å². The highest BCUT2D eigenvalue weighted by atomic mass is 79.9. The minimum absolute atomic E-state index is 0. The molecule has 0 atom stereocenters. The van der Waals surface area contributed by atoms with Crippen LogP contribution in [0.25, 0.3) is 0 Å². The molecule has 3 rings (SSSR count). The molecule has 7 nitrogen and oxygen atoms in total. The summed E-state index contributed by atoms with van der Waals surface area (Å²) in [4.78, 5) is 10.3. The normalized spacial score (nSPS) is 10.3. The number of nitrogens with one attached hydrogen (secondary N) is 2. The SMILES string of the molecule is COc1cc(CNCCNc2ccc([N+](=O)[O-])cc2Cl)cc(Br)c1OCc1ccccc1.Cl. The minimum Gasteiger partial charge on any atom is -0.493 e. The van der Waals surface area contributed by atoms with Gasteiger partial charge in [0.1, 0.15) is 6.61 Å². The third kappa shape index (κ3) is 7.78. The van der Waals surface area contributed by atoms with E-state index in [9.17, 15) is 10.1 Å². The molecule has 0 aliphatic carbocycles. The third-order valence-electron chi connectivity index (χ3n) is 4.63. The topological polar surface area (TPSA) is 85.7 Å². The first-order valence-electron chi connectivity index (χ1n) is 9.89. The first-order chi connectivity index (χ1) is 15.5. The Kier molecular flexibility index (Phi) is 10.7. The number of rotatable bonds is 11. The summed E-state index contributed by atoms with van der Waals surface area (Å²) in [7, 11) is 1.62. The van der Waals surface area contributed by atoms with Gasteiger partial charge in [0, 0.05) is 31.8 Å². The standard InChI is InChI=1S/C23H23BrClN3O4.ClH/c1-31-22-12-17(11-19(24)23(22)32-15-16-5-3-2-4-6-16)14-26-9-10-27-21-8-7-18(28(29)30)13-20(21)25;/h2-8,11-13,26-27H,9-10,14-15H2,1H3;1H. The molecule has 0 aliphatic heterocycles. The van der Waals surface area contributed by atoms with Crippen molar-refractivity contribution in [3.63, 3.8) is 0 Å². The molecule has 0 unspecified atom stereocenters. The van der Waals surface area contributed by atoms with Crippen molar-refractivity contribution < 1.29 is 14.4 Å². The zero-order valence-electron chi connectivity index (χ0n) is 17.8. The molecule has 0 radical (unpaired) electrons. The molecule has 0 bridgehead atoms. The summed E-state index contributed by atoms with van der Waals surface area (Å²) >= 11 is 9.68. The average molecular weight is 557 g/mol. The van der Waals surface area contributed by atoms with Crippen LogP contribution in [-0.2, 0) is 13.2 Å². The average Bonchev–Trinajstić information content (AvgIpc) is 2.79. The lowest BCUT2D eigenvalue weighted by Crippen LogP contribution is -2.22. The number of benzene rings is 3. The summed E-state index contributed by atoms with van der Waals surface area (Å²) < 4.78 is 12.3. The predicted molar refractivity (Wildman–Crippen MR) is 137 cm³/mol. The number of non-ortho nitro benzene ring substituents is 1. The summed E-state index contributed by atoms with van der Waals surface area (Å²) in [5, 5.41) is 17.6. The fourth-order valence-electron chi connectivity index (χ4n) is 3.02. The van der Waals surface area contributed by atoms with Crippen molar-refractivity contribution in [2.24, 2.45) is 0 Å². The Bertz CT molecular complexity index is 1070. The number of nitro groups is 1. The van der Waals surface area contributed by atoms with E-state index in [4.69, 9.17) is 21.1 Å². The van der Waals surface area contributed by atoms with Gasteiger partial charge >= 0.3 is 0 Å². The van der Waals surface area contributed by atoms with Crippen LogP contribution < -0.4 is 20.1 Å². The van der Waals surface area contributed by atoms with E-state index in [1.165, 1.54) is 12.1 Å². The molecule has 0 amide bonds. The molecule has 0 saturated heterocycles. The number of methoxy groups -OCH3 is 1. The lowest BCUT2D eigenvalue weighted by molar-refractivity contribution is -0.384. The zero-order chi connectivity index (χ0) is 22.9. The summed E-state index contributed by atoms with van der Waals surface area (Å²) in [5.74, 6) is 1.32. The van der Waals surface area contributed by atoms with Crippen LogP contribution in [0.3, 0.4) is 0 Å². The van der Waals surface area contributed by atoms with Gasteiger partial charge in [-0.1, -0.05) is 41.9 Å². The van der Waals surface area contributed by atoms with E-state index in [1.54, 1.807) is 13.2 Å². The van der Waals surface area contributed by atoms with Crippen LogP contribution in [-0.4, -0.2) is 25.1 Å². The largest absolute Gasteiger partial charge is 0.493 e. The Morgan fingerprint density at radius 1 is 1.06 bits per heavy atom. The van der Waals surface area contributed by atoms with Crippen LogP contribution in [0.2, 0.25) is 5.02 Å². The molecular weight excluding hydrogens is 533 g/mol. The minimum atomic E-state index is -0.471. The second-order valence-corrected chi connectivity index (χ2v) is 8.17. The molecule has 2 N–H and O–H groups in total. The van der Waals surface area contributed by atoms with Crippen molar-refractivity contribution in [2.45, 2.75) is 13.2 Å². The maximum atomic E-state index is 10.8. The Morgan fingerprint density at radius 3 is 2.48 bits per heavy atom. The van der Waals surface area contributed by atoms with Crippen molar-refractivity contribution in [3.8, 4) is 11.5 Å². The first-order valence-corrected chi connectivity index (χ1v) is 11.1. The second kappa shape index (κ2) is 13.3. The highest BCUT2D eigenvalue weighted by Crippen LogP contribution is 2.37. The Morgan fingerprint density at radius 2 is 1.82 bits per heavy atom. The molecule has 33 heavy (non-hydrogen) atoms. The number of nitrogens with zero attached hydrogens (tertiary/aromatic N) is 1. The van der Waals surface area contributed by atoms with Crippen LogP contribution in [0.5, 0.6) is 11.5 Å². The number of anilines is 1. The van der Waals surface area contributed by atoms with E-state index >= 15 is 0 Å². The lowest BCUT2D eigenvalue weighted by Gasteiger charge is -2.15. The van der Waals surface area contributed by atoms with E-state index in [0.29, 0.717) is 48.5 Å². The highest BCUT2D eigenvalue weighted by molar-refractivity contribution is 9.10. The van der Waals surface area contributed by atoms with Crippen molar-refractivity contribution in [1.29, 1.82) is 0 Å². The van der Waals surface area contributed by atoms with Crippen LogP contribution in [0.15, 0.2) is 65.1 Å². The number of hydrogen-bond donors (Lipinski definition) is 2. The number of halogens is 3. The quantitative estimate of drug-likeness (QED) is 0.166. The fourth-order valence-corrected chi connectivity index (χ4v) is 3.87. The van der Waals surface area contributed by atoms with Gasteiger partial charge in [-0.2, -0.15) is 0 Å². The molecular formula is C23H24BrCl2N3O4. The predicted octanol–water partition coefficient (Wildman–Crippen LogP) is 6.22. The van der Waals surface area contributed by atoms with E-state index < -0.39 is 4.92 Å². The van der Waals surface area contributed by atoms with Crippen LogP contribution in [0, 0.1) is 10.1 Å². The van der Waals surface area contributed by atoms with Gasteiger partial charge in [-0.3, -0.25) is 10.1 Å². The van der Waals surface area contributed by atoms with Crippen LogP contribution in [0.4, 0.5) is 11.4 Å².